The highest BCUT2D eigenvalue weighted by Crippen LogP contribution is 2.18. The van der Waals surface area contributed by atoms with Gasteiger partial charge in [-0.05, 0) is 44.5 Å². The van der Waals surface area contributed by atoms with Crippen molar-refractivity contribution >= 4 is 5.96 Å². The Hall–Kier alpha value is -1.55. The summed E-state index contributed by atoms with van der Waals surface area (Å²) in [5.41, 5.74) is 2.62. The molecule has 0 unspecified atom stereocenters. The Morgan fingerprint density at radius 1 is 1.29 bits per heavy atom. The molecule has 1 aromatic carbocycles. The quantitative estimate of drug-likeness (QED) is 0.598. The highest BCUT2D eigenvalue weighted by Gasteiger charge is 2.21. The van der Waals surface area contributed by atoms with Gasteiger partial charge in [-0.1, -0.05) is 31.2 Å². The summed E-state index contributed by atoms with van der Waals surface area (Å²) in [6.07, 6.45) is 2.53. The third-order valence-electron chi connectivity index (χ3n) is 3.67. The summed E-state index contributed by atoms with van der Waals surface area (Å²) in [6.45, 7) is 7.98. The number of nitrogens with one attached hydrogen (secondary N) is 2. The average Bonchev–Trinajstić information content (AvgIpc) is 3.29. The van der Waals surface area contributed by atoms with Crippen molar-refractivity contribution in [2.45, 2.75) is 45.8 Å². The number of aliphatic imine (C=N–C) groups is 1. The summed E-state index contributed by atoms with van der Waals surface area (Å²) in [4.78, 5) is 6.99. The van der Waals surface area contributed by atoms with Gasteiger partial charge in [0.05, 0.1) is 6.54 Å². The van der Waals surface area contributed by atoms with Gasteiger partial charge in [0.15, 0.2) is 5.96 Å². The van der Waals surface area contributed by atoms with Gasteiger partial charge in [0, 0.05) is 19.1 Å². The van der Waals surface area contributed by atoms with Crippen LogP contribution in [0.1, 0.15) is 37.8 Å². The molecule has 1 saturated carbocycles. The Balaban J connectivity index is 1.95. The molecular formula is C17H28N4. The zero-order valence-electron chi connectivity index (χ0n) is 13.5. The highest BCUT2D eigenvalue weighted by atomic mass is 15.2. The zero-order valence-corrected chi connectivity index (χ0v) is 13.5. The van der Waals surface area contributed by atoms with Gasteiger partial charge in [-0.25, -0.2) is 4.99 Å². The van der Waals surface area contributed by atoms with Gasteiger partial charge >= 0.3 is 0 Å². The minimum atomic E-state index is 0.632. The zero-order chi connectivity index (χ0) is 15.1. The average molecular weight is 288 g/mol. The lowest BCUT2D eigenvalue weighted by Gasteiger charge is -2.14. The molecule has 0 spiro atoms. The molecule has 2 rings (SSSR count). The second-order valence-corrected chi connectivity index (χ2v) is 5.76. The summed E-state index contributed by atoms with van der Waals surface area (Å²) < 4.78 is 0. The summed E-state index contributed by atoms with van der Waals surface area (Å²) >= 11 is 0. The van der Waals surface area contributed by atoms with Crippen LogP contribution in [-0.2, 0) is 13.1 Å². The van der Waals surface area contributed by atoms with Crippen LogP contribution >= 0.6 is 0 Å². The SMILES string of the molecule is CCNC(=NCc1cccc(CN(C)CC)c1)NC1CC1. The second kappa shape index (κ2) is 8.03. The maximum atomic E-state index is 4.69. The summed E-state index contributed by atoms with van der Waals surface area (Å²) in [6, 6.07) is 9.36. The molecule has 0 atom stereocenters. The van der Waals surface area contributed by atoms with Crippen molar-refractivity contribution in [3.05, 3.63) is 35.4 Å². The molecule has 0 saturated heterocycles. The highest BCUT2D eigenvalue weighted by molar-refractivity contribution is 5.80. The monoisotopic (exact) mass is 288 g/mol. The number of benzene rings is 1. The summed E-state index contributed by atoms with van der Waals surface area (Å²) in [7, 11) is 2.15. The van der Waals surface area contributed by atoms with Crippen LogP contribution in [0.5, 0.6) is 0 Å². The van der Waals surface area contributed by atoms with Crippen LogP contribution in [0.2, 0.25) is 0 Å². The molecule has 4 nitrogen and oxygen atoms in total. The predicted octanol–water partition coefficient (Wildman–Crippen LogP) is 2.36. The lowest BCUT2D eigenvalue weighted by atomic mass is 10.1. The normalized spacial score (nSPS) is 15.3. The van der Waals surface area contributed by atoms with Gasteiger partial charge in [-0.3, -0.25) is 0 Å². The third-order valence-corrected chi connectivity index (χ3v) is 3.67. The van der Waals surface area contributed by atoms with E-state index in [1.165, 1.54) is 24.0 Å². The van der Waals surface area contributed by atoms with E-state index in [0.29, 0.717) is 6.04 Å². The van der Waals surface area contributed by atoms with Crippen molar-refractivity contribution < 1.29 is 0 Å². The molecule has 0 amide bonds. The van der Waals surface area contributed by atoms with Crippen molar-refractivity contribution in [3.8, 4) is 0 Å². The van der Waals surface area contributed by atoms with Crippen molar-refractivity contribution in [2.24, 2.45) is 4.99 Å². The molecule has 0 aromatic heterocycles. The van der Waals surface area contributed by atoms with E-state index < -0.39 is 0 Å². The first-order valence-corrected chi connectivity index (χ1v) is 8.02. The third kappa shape index (κ3) is 5.76. The van der Waals surface area contributed by atoms with Gasteiger partial charge in [0.2, 0.25) is 0 Å². The molecule has 0 radical (unpaired) electrons. The van der Waals surface area contributed by atoms with E-state index in [-0.39, 0.29) is 0 Å². The summed E-state index contributed by atoms with van der Waals surface area (Å²) in [5.74, 6) is 0.941. The fraction of sp³-hybridized carbons (Fsp3) is 0.588. The first-order chi connectivity index (χ1) is 10.2. The molecule has 1 aliphatic carbocycles. The van der Waals surface area contributed by atoms with Gasteiger partial charge in [0.25, 0.3) is 0 Å². The lowest BCUT2D eigenvalue weighted by molar-refractivity contribution is 0.345. The summed E-state index contributed by atoms with van der Waals surface area (Å²) in [5, 5.41) is 6.76. The molecule has 0 heterocycles. The molecule has 4 heteroatoms. The Morgan fingerprint density at radius 3 is 2.71 bits per heavy atom. The molecule has 1 aliphatic rings. The molecule has 1 aromatic rings. The van der Waals surface area contributed by atoms with E-state index in [1.54, 1.807) is 0 Å². The molecule has 0 bridgehead atoms. The van der Waals surface area contributed by atoms with Crippen LogP contribution in [-0.4, -0.2) is 37.0 Å². The van der Waals surface area contributed by atoms with E-state index in [9.17, 15) is 0 Å². The van der Waals surface area contributed by atoms with Crippen molar-refractivity contribution in [1.29, 1.82) is 0 Å². The fourth-order valence-corrected chi connectivity index (χ4v) is 2.16. The van der Waals surface area contributed by atoms with Crippen LogP contribution in [0.4, 0.5) is 0 Å². The maximum absolute atomic E-state index is 4.69. The van der Waals surface area contributed by atoms with Crippen LogP contribution < -0.4 is 10.6 Å². The molecule has 1 fully saturated rings. The lowest BCUT2D eigenvalue weighted by Crippen LogP contribution is -2.38. The topological polar surface area (TPSA) is 39.7 Å². The van der Waals surface area contributed by atoms with Gasteiger partial charge in [0.1, 0.15) is 0 Å². The van der Waals surface area contributed by atoms with Crippen LogP contribution in [0.3, 0.4) is 0 Å². The van der Waals surface area contributed by atoms with Gasteiger partial charge in [-0.15, -0.1) is 0 Å². The molecule has 116 valence electrons. The number of guanidine groups is 1. The Kier molecular flexibility index (Phi) is 6.05. The van der Waals surface area contributed by atoms with Crippen molar-refractivity contribution in [1.82, 2.24) is 15.5 Å². The van der Waals surface area contributed by atoms with Gasteiger partial charge in [-0.2, -0.15) is 0 Å². The Morgan fingerprint density at radius 2 is 2.05 bits per heavy atom. The second-order valence-electron chi connectivity index (χ2n) is 5.76. The van der Waals surface area contributed by atoms with Crippen LogP contribution in [0, 0.1) is 0 Å². The maximum Gasteiger partial charge on any atom is 0.191 e. The first kappa shape index (κ1) is 15.8. The van der Waals surface area contributed by atoms with E-state index in [4.69, 9.17) is 0 Å². The van der Waals surface area contributed by atoms with Crippen LogP contribution in [0.25, 0.3) is 0 Å². The van der Waals surface area contributed by atoms with Crippen LogP contribution in [0.15, 0.2) is 29.3 Å². The van der Waals surface area contributed by atoms with Crippen molar-refractivity contribution in [3.63, 3.8) is 0 Å². The van der Waals surface area contributed by atoms with E-state index in [0.717, 1.165) is 32.1 Å². The van der Waals surface area contributed by atoms with E-state index in [1.807, 2.05) is 0 Å². The molecular weight excluding hydrogens is 260 g/mol. The molecule has 0 aliphatic heterocycles. The Bertz CT molecular complexity index is 466. The largest absolute Gasteiger partial charge is 0.357 e. The standard InChI is InChI=1S/C17H28N4/c1-4-18-17(20-16-9-10-16)19-12-14-7-6-8-15(11-14)13-21(3)5-2/h6-8,11,16H,4-5,9-10,12-13H2,1-3H3,(H2,18,19,20). The first-order valence-electron chi connectivity index (χ1n) is 8.02. The molecule has 2 N–H and O–H groups in total. The predicted molar refractivity (Wildman–Crippen MR) is 89.4 cm³/mol. The minimum absolute atomic E-state index is 0.632. The number of nitrogens with zero attached hydrogens (tertiary/aromatic N) is 2. The smallest absolute Gasteiger partial charge is 0.191 e. The van der Waals surface area contributed by atoms with Gasteiger partial charge < -0.3 is 15.5 Å². The fourth-order valence-electron chi connectivity index (χ4n) is 2.16. The van der Waals surface area contributed by atoms with Crippen molar-refractivity contribution in [2.75, 3.05) is 20.1 Å². The Labute approximate surface area is 128 Å². The minimum Gasteiger partial charge on any atom is -0.357 e. The van der Waals surface area contributed by atoms with E-state index in [2.05, 4.69) is 65.7 Å². The number of rotatable bonds is 7. The number of hydrogen-bond donors (Lipinski definition) is 2. The van der Waals surface area contributed by atoms with E-state index >= 15 is 0 Å². The molecule has 21 heavy (non-hydrogen) atoms. The number of hydrogen-bond acceptors (Lipinski definition) is 2.